The van der Waals surface area contributed by atoms with Crippen LogP contribution in [-0.2, 0) is 4.74 Å². The summed E-state index contributed by atoms with van der Waals surface area (Å²) in [6, 6.07) is 6.94. The number of anilines is 1. The topological polar surface area (TPSA) is 105 Å². The number of thioether (sulfide) groups is 1. The summed E-state index contributed by atoms with van der Waals surface area (Å²) in [5.41, 5.74) is 8.26. The van der Waals surface area contributed by atoms with Crippen molar-refractivity contribution in [1.29, 1.82) is 5.26 Å². The first-order chi connectivity index (χ1) is 12.0. The molecule has 130 valence electrons. The summed E-state index contributed by atoms with van der Waals surface area (Å²) >= 11 is 7.42. The van der Waals surface area contributed by atoms with E-state index in [1.807, 2.05) is 0 Å². The highest BCUT2D eigenvalue weighted by atomic mass is 35.5. The Hall–Kier alpha value is -2.27. The van der Waals surface area contributed by atoms with Gasteiger partial charge in [0.2, 0.25) is 0 Å². The Morgan fingerprint density at radius 3 is 2.88 bits per heavy atom. The summed E-state index contributed by atoms with van der Waals surface area (Å²) in [5, 5.41) is 20.1. The van der Waals surface area contributed by atoms with E-state index in [0.29, 0.717) is 39.6 Å². The predicted octanol–water partition coefficient (Wildman–Crippen LogP) is 3.35. The number of hydrogen-bond donors (Lipinski definition) is 2. The molecule has 8 heteroatoms. The molecule has 1 heterocycles. The third kappa shape index (κ3) is 4.23. The van der Waals surface area contributed by atoms with Gasteiger partial charge in [-0.05, 0) is 17.7 Å². The van der Waals surface area contributed by atoms with E-state index in [1.165, 1.54) is 17.8 Å². The molecule has 6 nitrogen and oxygen atoms in total. The van der Waals surface area contributed by atoms with Crippen LogP contribution in [0.5, 0.6) is 5.75 Å². The minimum absolute atomic E-state index is 0.0358. The van der Waals surface area contributed by atoms with Crippen molar-refractivity contribution in [3.63, 3.8) is 0 Å². The molecule has 0 saturated carbocycles. The van der Waals surface area contributed by atoms with Crippen LogP contribution in [-0.4, -0.2) is 42.8 Å². The Labute approximate surface area is 155 Å². The molecule has 2 rings (SSSR count). The van der Waals surface area contributed by atoms with Crippen LogP contribution in [0.2, 0.25) is 5.02 Å². The molecular formula is C17H17ClN4O2S. The number of methoxy groups -OCH3 is 1. The van der Waals surface area contributed by atoms with E-state index in [-0.39, 0.29) is 16.6 Å². The molecule has 0 fully saturated rings. The standard InChI is InChI=1S/C17H17ClN4O2S/c1-21-9-12-15(10-3-4-14(23)13(18)7-10)11(8-19)17(22-16(12)20)25-6-5-24-2/h3-4,7,9,23H,5-6H2,1-2H3,(H2,20,22). The zero-order valence-electron chi connectivity index (χ0n) is 13.8. The first-order valence-electron chi connectivity index (χ1n) is 7.29. The molecule has 1 aromatic carbocycles. The maximum Gasteiger partial charge on any atom is 0.134 e. The Morgan fingerprint density at radius 2 is 2.28 bits per heavy atom. The van der Waals surface area contributed by atoms with Crippen molar-refractivity contribution in [2.24, 2.45) is 4.99 Å². The molecule has 25 heavy (non-hydrogen) atoms. The molecule has 3 N–H and O–H groups in total. The number of nitrogens with zero attached hydrogens (tertiary/aromatic N) is 3. The van der Waals surface area contributed by atoms with E-state index in [4.69, 9.17) is 22.1 Å². The van der Waals surface area contributed by atoms with E-state index in [2.05, 4.69) is 16.0 Å². The number of nitriles is 1. The summed E-state index contributed by atoms with van der Waals surface area (Å²) in [7, 11) is 3.22. The number of rotatable bonds is 6. The van der Waals surface area contributed by atoms with E-state index in [1.54, 1.807) is 32.5 Å². The number of hydrogen-bond acceptors (Lipinski definition) is 7. The van der Waals surface area contributed by atoms with Crippen LogP contribution in [0, 0.1) is 11.3 Å². The van der Waals surface area contributed by atoms with E-state index in [9.17, 15) is 10.4 Å². The molecule has 0 radical (unpaired) electrons. The molecule has 0 spiro atoms. The lowest BCUT2D eigenvalue weighted by molar-refractivity contribution is 0.218. The predicted molar refractivity (Wildman–Crippen MR) is 102 cm³/mol. The molecule has 0 aliphatic heterocycles. The second-order valence-corrected chi connectivity index (χ2v) is 6.46. The number of aromatic nitrogens is 1. The molecule has 0 aliphatic carbocycles. The molecule has 0 bridgehead atoms. The van der Waals surface area contributed by atoms with Gasteiger partial charge in [0.05, 0.1) is 17.2 Å². The monoisotopic (exact) mass is 376 g/mol. The van der Waals surface area contributed by atoms with Gasteiger partial charge in [-0.2, -0.15) is 5.26 Å². The van der Waals surface area contributed by atoms with E-state index < -0.39 is 0 Å². The molecule has 0 unspecified atom stereocenters. The number of phenolic OH excluding ortho intramolecular Hbond substituents is 1. The number of pyridine rings is 1. The number of nitrogens with two attached hydrogens (primary N) is 1. The van der Waals surface area contributed by atoms with Gasteiger partial charge in [-0.1, -0.05) is 17.7 Å². The fourth-order valence-corrected chi connectivity index (χ4v) is 3.33. The van der Waals surface area contributed by atoms with Crippen molar-refractivity contribution in [2.75, 3.05) is 32.3 Å². The summed E-state index contributed by atoms with van der Waals surface area (Å²) in [4.78, 5) is 8.36. The lowest BCUT2D eigenvalue weighted by atomic mass is 9.96. The van der Waals surface area contributed by atoms with Gasteiger partial charge in [0.1, 0.15) is 22.7 Å². The minimum atomic E-state index is -0.0358. The van der Waals surface area contributed by atoms with Crippen LogP contribution in [0.15, 0.2) is 28.2 Å². The van der Waals surface area contributed by atoms with Crippen LogP contribution in [0.1, 0.15) is 11.1 Å². The largest absolute Gasteiger partial charge is 0.506 e. The normalized spacial score (nSPS) is 11.0. The number of ether oxygens (including phenoxy) is 1. The molecule has 1 aromatic heterocycles. The molecule has 2 aromatic rings. The average Bonchev–Trinajstić information content (AvgIpc) is 2.59. The summed E-state index contributed by atoms with van der Waals surface area (Å²) < 4.78 is 5.04. The van der Waals surface area contributed by atoms with Crippen molar-refractivity contribution in [1.82, 2.24) is 4.98 Å². The van der Waals surface area contributed by atoms with Crippen LogP contribution in [0.3, 0.4) is 0 Å². The highest BCUT2D eigenvalue weighted by molar-refractivity contribution is 7.99. The van der Waals surface area contributed by atoms with Crippen LogP contribution in [0.25, 0.3) is 11.1 Å². The fraction of sp³-hybridized carbons (Fsp3) is 0.235. The fourth-order valence-electron chi connectivity index (χ4n) is 2.25. The second-order valence-electron chi connectivity index (χ2n) is 4.97. The number of phenols is 1. The first kappa shape index (κ1) is 19.1. The third-order valence-corrected chi connectivity index (χ3v) is 4.61. The molecule has 0 atom stereocenters. The highest BCUT2D eigenvalue weighted by Gasteiger charge is 2.20. The third-order valence-electron chi connectivity index (χ3n) is 3.36. The second kappa shape index (κ2) is 8.72. The van der Waals surface area contributed by atoms with Gasteiger partial charge in [-0.25, -0.2) is 4.98 Å². The number of halogens is 1. The first-order valence-corrected chi connectivity index (χ1v) is 8.66. The Morgan fingerprint density at radius 1 is 1.52 bits per heavy atom. The van der Waals surface area contributed by atoms with Gasteiger partial charge in [0, 0.05) is 37.3 Å². The van der Waals surface area contributed by atoms with Crippen molar-refractivity contribution < 1.29 is 9.84 Å². The van der Waals surface area contributed by atoms with Crippen LogP contribution >= 0.6 is 23.4 Å². The van der Waals surface area contributed by atoms with Crippen LogP contribution in [0.4, 0.5) is 5.82 Å². The van der Waals surface area contributed by atoms with Gasteiger partial charge in [0.25, 0.3) is 0 Å². The summed E-state index contributed by atoms with van der Waals surface area (Å²) in [6.07, 6.45) is 1.56. The molecular weight excluding hydrogens is 360 g/mol. The zero-order valence-corrected chi connectivity index (χ0v) is 15.4. The lowest BCUT2D eigenvalue weighted by Gasteiger charge is -2.15. The van der Waals surface area contributed by atoms with E-state index >= 15 is 0 Å². The van der Waals surface area contributed by atoms with Gasteiger partial charge in [-0.15, -0.1) is 11.8 Å². The van der Waals surface area contributed by atoms with Crippen LogP contribution < -0.4 is 5.73 Å². The Balaban J connectivity index is 2.72. The number of aliphatic imine (C=N–C) groups is 1. The quantitative estimate of drug-likeness (QED) is 0.455. The highest BCUT2D eigenvalue weighted by Crippen LogP contribution is 2.37. The molecule has 0 aliphatic rings. The number of nitrogen functional groups attached to an aromatic ring is 1. The number of benzene rings is 1. The smallest absolute Gasteiger partial charge is 0.134 e. The van der Waals surface area contributed by atoms with Gasteiger partial charge < -0.3 is 15.6 Å². The number of aromatic hydroxyl groups is 1. The molecule has 0 saturated heterocycles. The Bertz CT molecular complexity index is 850. The average molecular weight is 377 g/mol. The maximum atomic E-state index is 9.72. The van der Waals surface area contributed by atoms with Gasteiger partial charge in [0.15, 0.2) is 0 Å². The molecule has 0 amide bonds. The van der Waals surface area contributed by atoms with Crippen molar-refractivity contribution >= 4 is 35.4 Å². The van der Waals surface area contributed by atoms with Crippen molar-refractivity contribution in [2.45, 2.75) is 5.03 Å². The van der Waals surface area contributed by atoms with Gasteiger partial charge in [-0.3, -0.25) is 4.99 Å². The summed E-state index contributed by atoms with van der Waals surface area (Å²) in [6.45, 7) is 0.523. The van der Waals surface area contributed by atoms with Crippen molar-refractivity contribution in [3.05, 3.63) is 34.3 Å². The Kier molecular flexibility index (Phi) is 6.65. The summed E-state index contributed by atoms with van der Waals surface area (Å²) in [5.74, 6) is 0.865. The van der Waals surface area contributed by atoms with Crippen molar-refractivity contribution in [3.8, 4) is 22.9 Å². The zero-order chi connectivity index (χ0) is 18.4. The maximum absolute atomic E-state index is 9.72. The minimum Gasteiger partial charge on any atom is -0.506 e. The SMILES string of the molecule is CN=Cc1c(N)nc(SCCOC)c(C#N)c1-c1ccc(O)c(Cl)c1. The van der Waals surface area contributed by atoms with E-state index in [0.717, 1.165) is 0 Å². The lowest BCUT2D eigenvalue weighted by Crippen LogP contribution is -2.06. The van der Waals surface area contributed by atoms with Gasteiger partial charge >= 0.3 is 0 Å².